The van der Waals surface area contributed by atoms with Gasteiger partial charge in [0.05, 0.1) is 0 Å². The van der Waals surface area contributed by atoms with Crippen LogP contribution in [0.4, 0.5) is 0 Å². The van der Waals surface area contributed by atoms with Gasteiger partial charge in [-0.25, -0.2) is 0 Å². The molecule has 0 amide bonds. The van der Waals surface area contributed by atoms with Gasteiger partial charge in [0.15, 0.2) is 0 Å². The maximum atomic E-state index is 2.56. The monoisotopic (exact) mass is 197 g/mol. The molecule has 1 rings (SSSR count). The molecule has 0 bridgehead atoms. The predicted molar refractivity (Wildman–Crippen MR) is 63.6 cm³/mol. The van der Waals surface area contributed by atoms with E-state index in [1.165, 1.54) is 45.1 Å². The van der Waals surface area contributed by atoms with Gasteiger partial charge in [0.2, 0.25) is 0 Å². The summed E-state index contributed by atoms with van der Waals surface area (Å²) < 4.78 is 0. The van der Waals surface area contributed by atoms with Crippen molar-refractivity contribution in [1.82, 2.24) is 4.90 Å². The predicted octanol–water partition coefficient (Wildman–Crippen LogP) is 3.69. The SMILES string of the molecule is CCCCC1(CC)CCCN(C)C1C. The fraction of sp³-hybridized carbons (Fsp3) is 1.00. The topological polar surface area (TPSA) is 3.24 Å². The van der Waals surface area contributed by atoms with Crippen molar-refractivity contribution in [2.24, 2.45) is 5.41 Å². The summed E-state index contributed by atoms with van der Waals surface area (Å²) in [6, 6.07) is 0.785. The first-order valence-electron chi connectivity index (χ1n) is 6.36. The second-order valence-electron chi connectivity index (χ2n) is 5.08. The molecule has 0 aromatic heterocycles. The smallest absolute Gasteiger partial charge is 0.0120 e. The summed E-state index contributed by atoms with van der Waals surface area (Å²) in [5.74, 6) is 0. The second kappa shape index (κ2) is 5.16. The molecule has 1 aliphatic rings. The van der Waals surface area contributed by atoms with Crippen LogP contribution in [0, 0.1) is 5.41 Å². The lowest BCUT2D eigenvalue weighted by atomic mass is 9.69. The van der Waals surface area contributed by atoms with Gasteiger partial charge in [-0.3, -0.25) is 0 Å². The van der Waals surface area contributed by atoms with Gasteiger partial charge in [-0.05, 0) is 51.6 Å². The lowest BCUT2D eigenvalue weighted by Gasteiger charge is -2.47. The van der Waals surface area contributed by atoms with Crippen LogP contribution in [0.25, 0.3) is 0 Å². The van der Waals surface area contributed by atoms with Crippen molar-refractivity contribution in [2.45, 2.75) is 65.3 Å². The van der Waals surface area contributed by atoms with Crippen LogP contribution in [0.2, 0.25) is 0 Å². The third kappa shape index (κ3) is 2.31. The van der Waals surface area contributed by atoms with Gasteiger partial charge in [-0.1, -0.05) is 26.7 Å². The molecule has 1 heterocycles. The number of likely N-dealkylation sites (tertiary alicyclic amines) is 1. The highest BCUT2D eigenvalue weighted by atomic mass is 15.1. The molecule has 84 valence electrons. The quantitative estimate of drug-likeness (QED) is 0.664. The molecule has 0 radical (unpaired) electrons. The zero-order valence-corrected chi connectivity index (χ0v) is 10.5. The van der Waals surface area contributed by atoms with Crippen LogP contribution >= 0.6 is 0 Å². The van der Waals surface area contributed by atoms with Gasteiger partial charge in [0.1, 0.15) is 0 Å². The zero-order valence-electron chi connectivity index (χ0n) is 10.5. The summed E-state index contributed by atoms with van der Waals surface area (Å²) >= 11 is 0. The summed E-state index contributed by atoms with van der Waals surface area (Å²) in [7, 11) is 2.29. The van der Waals surface area contributed by atoms with Crippen molar-refractivity contribution in [2.75, 3.05) is 13.6 Å². The van der Waals surface area contributed by atoms with Gasteiger partial charge in [-0.2, -0.15) is 0 Å². The summed E-state index contributed by atoms with van der Waals surface area (Å²) in [4.78, 5) is 2.56. The lowest BCUT2D eigenvalue weighted by Crippen LogP contribution is -2.48. The zero-order chi connectivity index (χ0) is 10.6. The Bertz CT molecular complexity index is 167. The molecule has 0 saturated carbocycles. The average molecular weight is 197 g/mol. The van der Waals surface area contributed by atoms with Gasteiger partial charge in [0, 0.05) is 6.04 Å². The number of hydrogen-bond donors (Lipinski definition) is 0. The molecule has 1 heteroatoms. The minimum Gasteiger partial charge on any atom is -0.303 e. The Balaban J connectivity index is 2.64. The van der Waals surface area contributed by atoms with E-state index in [0.29, 0.717) is 5.41 Å². The second-order valence-corrected chi connectivity index (χ2v) is 5.08. The van der Waals surface area contributed by atoms with E-state index in [1.54, 1.807) is 0 Å². The maximum Gasteiger partial charge on any atom is 0.0120 e. The molecule has 0 N–H and O–H groups in total. The summed E-state index contributed by atoms with van der Waals surface area (Å²) in [5, 5.41) is 0. The fourth-order valence-corrected chi connectivity index (χ4v) is 3.06. The van der Waals surface area contributed by atoms with Crippen LogP contribution in [0.15, 0.2) is 0 Å². The molecule has 2 unspecified atom stereocenters. The number of piperidine rings is 1. The number of rotatable bonds is 4. The van der Waals surface area contributed by atoms with E-state index in [2.05, 4.69) is 32.7 Å². The fourth-order valence-electron chi connectivity index (χ4n) is 3.06. The molecule has 0 spiro atoms. The van der Waals surface area contributed by atoms with E-state index in [1.807, 2.05) is 0 Å². The van der Waals surface area contributed by atoms with Crippen molar-refractivity contribution in [3.63, 3.8) is 0 Å². The molecule has 0 aromatic rings. The Morgan fingerprint density at radius 3 is 2.64 bits per heavy atom. The molecular weight excluding hydrogens is 170 g/mol. The Morgan fingerprint density at radius 1 is 1.36 bits per heavy atom. The molecule has 0 aliphatic carbocycles. The molecule has 1 aliphatic heterocycles. The molecule has 1 fully saturated rings. The average Bonchev–Trinajstić information content (AvgIpc) is 2.21. The Labute approximate surface area is 89.9 Å². The van der Waals surface area contributed by atoms with Crippen LogP contribution < -0.4 is 0 Å². The van der Waals surface area contributed by atoms with E-state index in [4.69, 9.17) is 0 Å². The Hall–Kier alpha value is -0.0400. The van der Waals surface area contributed by atoms with Gasteiger partial charge in [-0.15, -0.1) is 0 Å². The molecule has 0 aromatic carbocycles. The number of unbranched alkanes of at least 4 members (excludes halogenated alkanes) is 1. The van der Waals surface area contributed by atoms with Crippen LogP contribution in [0.1, 0.15) is 59.3 Å². The Kier molecular flexibility index (Phi) is 4.43. The molecule has 1 nitrogen and oxygen atoms in total. The van der Waals surface area contributed by atoms with E-state index in [0.717, 1.165) is 6.04 Å². The maximum absolute atomic E-state index is 2.56. The van der Waals surface area contributed by atoms with E-state index in [-0.39, 0.29) is 0 Å². The van der Waals surface area contributed by atoms with Gasteiger partial charge in [0.25, 0.3) is 0 Å². The molecule has 2 atom stereocenters. The summed E-state index contributed by atoms with van der Waals surface area (Å²) in [5.41, 5.74) is 0.628. The van der Waals surface area contributed by atoms with Gasteiger partial charge >= 0.3 is 0 Å². The highest BCUT2D eigenvalue weighted by molar-refractivity contribution is 4.91. The van der Waals surface area contributed by atoms with Crippen LogP contribution in [-0.2, 0) is 0 Å². The first-order valence-corrected chi connectivity index (χ1v) is 6.36. The van der Waals surface area contributed by atoms with Gasteiger partial charge < -0.3 is 4.90 Å². The van der Waals surface area contributed by atoms with Crippen molar-refractivity contribution in [1.29, 1.82) is 0 Å². The van der Waals surface area contributed by atoms with Crippen molar-refractivity contribution in [3.05, 3.63) is 0 Å². The summed E-state index contributed by atoms with van der Waals surface area (Å²) in [6.45, 7) is 8.42. The lowest BCUT2D eigenvalue weighted by molar-refractivity contribution is 0.0286. The molecular formula is C13H27N. The van der Waals surface area contributed by atoms with Crippen molar-refractivity contribution >= 4 is 0 Å². The van der Waals surface area contributed by atoms with Crippen LogP contribution in [-0.4, -0.2) is 24.5 Å². The largest absolute Gasteiger partial charge is 0.303 e. The first kappa shape index (κ1) is 12.0. The Morgan fingerprint density at radius 2 is 2.07 bits per heavy atom. The van der Waals surface area contributed by atoms with Crippen LogP contribution in [0.3, 0.4) is 0 Å². The van der Waals surface area contributed by atoms with Crippen molar-refractivity contribution < 1.29 is 0 Å². The van der Waals surface area contributed by atoms with E-state index >= 15 is 0 Å². The first-order chi connectivity index (χ1) is 6.66. The highest BCUT2D eigenvalue weighted by Gasteiger charge is 2.38. The van der Waals surface area contributed by atoms with E-state index < -0.39 is 0 Å². The van der Waals surface area contributed by atoms with Crippen molar-refractivity contribution in [3.8, 4) is 0 Å². The standard InChI is InChI=1S/C13H27N/c1-5-7-9-13(6-2)10-8-11-14(4)12(13)3/h12H,5-11H2,1-4H3. The third-order valence-corrected chi connectivity index (χ3v) is 4.47. The van der Waals surface area contributed by atoms with Crippen LogP contribution in [0.5, 0.6) is 0 Å². The van der Waals surface area contributed by atoms with E-state index in [9.17, 15) is 0 Å². The number of hydrogen-bond acceptors (Lipinski definition) is 1. The normalized spacial score (nSPS) is 34.7. The highest BCUT2D eigenvalue weighted by Crippen LogP contribution is 2.42. The molecule has 1 saturated heterocycles. The third-order valence-electron chi connectivity index (χ3n) is 4.47. The minimum atomic E-state index is 0.628. The number of nitrogens with zero attached hydrogens (tertiary/aromatic N) is 1. The summed E-state index contributed by atoms with van der Waals surface area (Å²) in [6.07, 6.45) is 8.40. The minimum absolute atomic E-state index is 0.628. The molecule has 14 heavy (non-hydrogen) atoms.